The quantitative estimate of drug-likeness (QED) is 0.666. The van der Waals surface area contributed by atoms with E-state index in [-0.39, 0.29) is 5.97 Å². The fraction of sp³-hybridized carbons (Fsp3) is 0.562. The molecule has 1 saturated heterocycles. The molecule has 2 N–H and O–H groups in total. The van der Waals surface area contributed by atoms with E-state index in [4.69, 9.17) is 10.5 Å². The van der Waals surface area contributed by atoms with Gasteiger partial charge in [-0.3, -0.25) is 0 Å². The number of carbonyl (C=O) groups excluding carboxylic acids is 1. The second-order valence-electron chi connectivity index (χ2n) is 5.98. The Bertz CT molecular complexity index is 501. The molecule has 3 atom stereocenters. The van der Waals surface area contributed by atoms with Crippen LogP contribution >= 0.6 is 0 Å². The van der Waals surface area contributed by atoms with Crippen LogP contribution in [-0.2, 0) is 4.74 Å². The molecule has 1 aliphatic rings. The fourth-order valence-corrected chi connectivity index (χ4v) is 3.07. The maximum Gasteiger partial charge on any atom is 0.337 e. The molecule has 20 heavy (non-hydrogen) atoms. The van der Waals surface area contributed by atoms with Gasteiger partial charge in [0.25, 0.3) is 0 Å². The van der Waals surface area contributed by atoms with Crippen molar-refractivity contribution >= 4 is 17.3 Å². The van der Waals surface area contributed by atoms with Crippen LogP contribution in [0.5, 0.6) is 0 Å². The number of nitrogens with two attached hydrogens (primary N) is 1. The van der Waals surface area contributed by atoms with Crippen molar-refractivity contribution in [1.82, 2.24) is 0 Å². The number of hydrogen-bond acceptors (Lipinski definition) is 4. The number of carbonyl (C=O) groups is 1. The maximum atomic E-state index is 11.7. The molecule has 0 saturated carbocycles. The number of esters is 1. The van der Waals surface area contributed by atoms with Gasteiger partial charge in [0.05, 0.1) is 24.0 Å². The van der Waals surface area contributed by atoms with Crippen molar-refractivity contribution in [2.24, 2.45) is 11.8 Å². The van der Waals surface area contributed by atoms with Crippen molar-refractivity contribution in [1.29, 1.82) is 0 Å². The van der Waals surface area contributed by atoms with Crippen LogP contribution in [-0.4, -0.2) is 25.7 Å². The number of nitrogen functional groups attached to an aromatic ring is 1. The third-order valence-electron chi connectivity index (χ3n) is 4.36. The summed E-state index contributed by atoms with van der Waals surface area (Å²) in [6, 6.07) is 5.77. The zero-order chi connectivity index (χ0) is 14.9. The molecule has 1 heterocycles. The second kappa shape index (κ2) is 5.73. The Morgan fingerprint density at radius 3 is 2.70 bits per heavy atom. The van der Waals surface area contributed by atoms with E-state index in [1.807, 2.05) is 6.07 Å². The molecule has 2 rings (SSSR count). The third-order valence-corrected chi connectivity index (χ3v) is 4.36. The molecule has 0 aliphatic carbocycles. The van der Waals surface area contributed by atoms with Gasteiger partial charge in [-0.2, -0.15) is 0 Å². The minimum atomic E-state index is -0.322. The maximum absolute atomic E-state index is 11.7. The zero-order valence-electron chi connectivity index (χ0n) is 12.7. The normalized spacial score (nSPS) is 26.4. The van der Waals surface area contributed by atoms with Crippen molar-refractivity contribution in [2.75, 3.05) is 24.3 Å². The molecule has 1 aromatic carbocycles. The van der Waals surface area contributed by atoms with Crippen LogP contribution in [0.4, 0.5) is 11.4 Å². The summed E-state index contributed by atoms with van der Waals surface area (Å²) < 4.78 is 4.79. The molecule has 1 aromatic rings. The van der Waals surface area contributed by atoms with E-state index in [0.717, 1.165) is 12.2 Å². The first-order valence-electron chi connectivity index (χ1n) is 7.18. The first-order chi connectivity index (χ1) is 9.43. The molecule has 110 valence electrons. The van der Waals surface area contributed by atoms with Gasteiger partial charge in [0, 0.05) is 12.6 Å². The average molecular weight is 276 g/mol. The lowest BCUT2D eigenvalue weighted by atomic mass is 9.85. The molecule has 1 fully saturated rings. The lowest BCUT2D eigenvalue weighted by Gasteiger charge is -2.43. The van der Waals surface area contributed by atoms with Gasteiger partial charge in [0.2, 0.25) is 0 Å². The number of rotatable bonds is 2. The Labute approximate surface area is 120 Å². The summed E-state index contributed by atoms with van der Waals surface area (Å²) in [6.45, 7) is 7.73. The average Bonchev–Trinajstić information content (AvgIpc) is 2.42. The Kier molecular flexibility index (Phi) is 4.21. The van der Waals surface area contributed by atoms with Crippen LogP contribution in [0.3, 0.4) is 0 Å². The van der Waals surface area contributed by atoms with Crippen LogP contribution < -0.4 is 10.6 Å². The largest absolute Gasteiger partial charge is 0.465 e. The third kappa shape index (κ3) is 2.74. The van der Waals surface area contributed by atoms with Gasteiger partial charge in [-0.05, 0) is 43.4 Å². The number of methoxy groups -OCH3 is 1. The minimum Gasteiger partial charge on any atom is -0.465 e. The van der Waals surface area contributed by atoms with Crippen LogP contribution in [0.1, 0.15) is 37.6 Å². The van der Waals surface area contributed by atoms with E-state index in [0.29, 0.717) is 29.1 Å². The van der Waals surface area contributed by atoms with Gasteiger partial charge in [-0.15, -0.1) is 0 Å². The highest BCUT2D eigenvalue weighted by Gasteiger charge is 2.30. The van der Waals surface area contributed by atoms with Gasteiger partial charge >= 0.3 is 5.97 Å². The first kappa shape index (κ1) is 14.7. The number of anilines is 2. The van der Waals surface area contributed by atoms with E-state index >= 15 is 0 Å². The SMILES string of the molecule is COC(=O)c1ccc(N)c(N2CC(C)CC(C)C2C)c1. The fourth-order valence-electron chi connectivity index (χ4n) is 3.07. The summed E-state index contributed by atoms with van der Waals surface area (Å²) >= 11 is 0. The van der Waals surface area contributed by atoms with E-state index in [9.17, 15) is 4.79 Å². The number of piperidine rings is 1. The molecule has 4 heteroatoms. The highest BCUT2D eigenvalue weighted by Crippen LogP contribution is 2.34. The van der Waals surface area contributed by atoms with Gasteiger partial charge in [-0.1, -0.05) is 13.8 Å². The minimum absolute atomic E-state index is 0.322. The Morgan fingerprint density at radius 2 is 2.05 bits per heavy atom. The van der Waals surface area contributed by atoms with Gasteiger partial charge in [0.15, 0.2) is 0 Å². The predicted octanol–water partition coefficient (Wildman–Crippen LogP) is 2.93. The van der Waals surface area contributed by atoms with Crippen molar-refractivity contribution < 1.29 is 9.53 Å². The molecule has 4 nitrogen and oxygen atoms in total. The molecular weight excluding hydrogens is 252 g/mol. The summed E-state index contributed by atoms with van der Waals surface area (Å²) in [7, 11) is 1.39. The molecule has 0 amide bonds. The van der Waals surface area contributed by atoms with Gasteiger partial charge < -0.3 is 15.4 Å². The van der Waals surface area contributed by atoms with Crippen molar-refractivity contribution in [3.8, 4) is 0 Å². The predicted molar refractivity (Wildman–Crippen MR) is 81.9 cm³/mol. The van der Waals surface area contributed by atoms with Crippen LogP contribution in [0, 0.1) is 11.8 Å². The number of hydrogen-bond donors (Lipinski definition) is 1. The topological polar surface area (TPSA) is 55.6 Å². The molecule has 0 bridgehead atoms. The zero-order valence-corrected chi connectivity index (χ0v) is 12.7. The lowest BCUT2D eigenvalue weighted by molar-refractivity contribution is 0.0601. The summed E-state index contributed by atoms with van der Waals surface area (Å²) in [6.07, 6.45) is 1.23. The van der Waals surface area contributed by atoms with E-state index in [2.05, 4.69) is 25.7 Å². The summed E-state index contributed by atoms with van der Waals surface area (Å²) in [5.74, 6) is 0.916. The monoisotopic (exact) mass is 276 g/mol. The molecule has 0 radical (unpaired) electrons. The summed E-state index contributed by atoms with van der Waals surface area (Å²) in [5, 5.41) is 0. The molecule has 1 aliphatic heterocycles. The number of nitrogens with zero attached hydrogens (tertiary/aromatic N) is 1. The second-order valence-corrected chi connectivity index (χ2v) is 5.98. The Hall–Kier alpha value is -1.71. The smallest absolute Gasteiger partial charge is 0.337 e. The lowest BCUT2D eigenvalue weighted by Crippen LogP contribution is -2.46. The van der Waals surface area contributed by atoms with Crippen LogP contribution in [0.15, 0.2) is 18.2 Å². The Balaban J connectivity index is 2.37. The molecular formula is C16H24N2O2. The van der Waals surface area contributed by atoms with Crippen molar-refractivity contribution in [2.45, 2.75) is 33.2 Å². The van der Waals surface area contributed by atoms with Crippen LogP contribution in [0.2, 0.25) is 0 Å². The standard InChI is InChI=1S/C16H24N2O2/c1-10-7-11(2)12(3)18(9-10)15-8-13(16(19)20-4)5-6-14(15)17/h5-6,8,10-12H,7,9,17H2,1-4H3. The molecule has 3 unspecified atom stereocenters. The summed E-state index contributed by atoms with van der Waals surface area (Å²) in [4.78, 5) is 14.0. The van der Waals surface area contributed by atoms with Crippen molar-refractivity contribution in [3.05, 3.63) is 23.8 Å². The van der Waals surface area contributed by atoms with E-state index in [1.165, 1.54) is 13.5 Å². The highest BCUT2D eigenvalue weighted by molar-refractivity contribution is 5.92. The molecule has 0 spiro atoms. The van der Waals surface area contributed by atoms with Gasteiger partial charge in [0.1, 0.15) is 0 Å². The highest BCUT2D eigenvalue weighted by atomic mass is 16.5. The number of benzene rings is 1. The van der Waals surface area contributed by atoms with E-state index < -0.39 is 0 Å². The number of ether oxygens (including phenoxy) is 1. The van der Waals surface area contributed by atoms with E-state index in [1.54, 1.807) is 12.1 Å². The Morgan fingerprint density at radius 1 is 1.35 bits per heavy atom. The molecule has 0 aromatic heterocycles. The van der Waals surface area contributed by atoms with Crippen LogP contribution in [0.25, 0.3) is 0 Å². The first-order valence-corrected chi connectivity index (χ1v) is 7.18. The summed E-state index contributed by atoms with van der Waals surface area (Å²) in [5.41, 5.74) is 8.33. The van der Waals surface area contributed by atoms with Crippen molar-refractivity contribution in [3.63, 3.8) is 0 Å². The van der Waals surface area contributed by atoms with Gasteiger partial charge in [-0.25, -0.2) is 4.79 Å².